The molecule has 0 saturated heterocycles. The van der Waals surface area contributed by atoms with Crippen LogP contribution in [0.3, 0.4) is 0 Å². The third kappa shape index (κ3) is 4.15. The quantitative estimate of drug-likeness (QED) is 0.810. The number of nitrogens with one attached hydrogen (secondary N) is 2. The number of aryl methyl sites for hydroxylation is 2. The lowest BCUT2D eigenvalue weighted by Gasteiger charge is -2.14. The Morgan fingerprint density at radius 3 is 2.65 bits per heavy atom. The number of carbonyl (C=O) groups is 2. The van der Waals surface area contributed by atoms with E-state index in [1.54, 1.807) is 17.4 Å². The number of benzene rings is 1. The first-order chi connectivity index (χ1) is 12.5. The summed E-state index contributed by atoms with van der Waals surface area (Å²) in [6.07, 6.45) is 4.46. The van der Waals surface area contributed by atoms with E-state index in [0.29, 0.717) is 18.0 Å². The third-order valence-corrected chi connectivity index (χ3v) is 5.80. The smallest absolute Gasteiger partial charge is 0.256 e. The van der Waals surface area contributed by atoms with Gasteiger partial charge in [0.1, 0.15) is 0 Å². The van der Waals surface area contributed by atoms with Crippen LogP contribution in [0.1, 0.15) is 63.4 Å². The van der Waals surface area contributed by atoms with E-state index in [-0.39, 0.29) is 11.8 Å². The zero-order chi connectivity index (χ0) is 18.7. The number of amides is 2. The molecule has 0 aliphatic heterocycles. The van der Waals surface area contributed by atoms with E-state index in [1.807, 2.05) is 24.4 Å². The first-order valence-corrected chi connectivity index (χ1v) is 10.1. The number of thiophene rings is 1. The van der Waals surface area contributed by atoms with Crippen molar-refractivity contribution in [3.05, 3.63) is 50.7 Å². The Labute approximate surface area is 159 Å². The predicted octanol–water partition coefficient (Wildman–Crippen LogP) is 4.57. The maximum absolute atomic E-state index is 12.7. The average molecular weight is 371 g/mol. The molecule has 0 unspecified atom stereocenters. The summed E-state index contributed by atoms with van der Waals surface area (Å²) < 4.78 is 0. The Bertz CT molecular complexity index is 823. The summed E-state index contributed by atoms with van der Waals surface area (Å²) in [6, 6.07) is 5.41. The number of carbonyl (C=O) groups excluding carboxylic acids is 2. The normalized spacial score (nSPS) is 13.4. The van der Waals surface area contributed by atoms with Crippen molar-refractivity contribution in [3.63, 3.8) is 0 Å². The fourth-order valence-electron chi connectivity index (χ4n) is 3.22. The molecule has 26 heavy (non-hydrogen) atoms. The highest BCUT2D eigenvalue weighted by molar-refractivity contribution is 7.10. The van der Waals surface area contributed by atoms with Crippen molar-refractivity contribution < 1.29 is 9.59 Å². The van der Waals surface area contributed by atoms with Gasteiger partial charge in [0.15, 0.2) is 0 Å². The minimum atomic E-state index is -0.0772. The Kier molecular flexibility index (Phi) is 5.77. The molecule has 1 aliphatic rings. The molecule has 1 aromatic carbocycles. The van der Waals surface area contributed by atoms with Gasteiger partial charge in [0.05, 0.1) is 5.56 Å². The number of fused-ring (bicyclic) bond motifs is 1. The van der Waals surface area contributed by atoms with Crippen LogP contribution in [0, 0.1) is 12.8 Å². The summed E-state index contributed by atoms with van der Waals surface area (Å²) in [7, 11) is 0. The summed E-state index contributed by atoms with van der Waals surface area (Å²) >= 11 is 1.70. The zero-order valence-electron chi connectivity index (χ0n) is 15.6. The van der Waals surface area contributed by atoms with Gasteiger partial charge in [0.2, 0.25) is 0 Å². The number of rotatable bonds is 5. The topological polar surface area (TPSA) is 58.2 Å². The summed E-state index contributed by atoms with van der Waals surface area (Å²) in [4.78, 5) is 26.3. The van der Waals surface area contributed by atoms with Crippen molar-refractivity contribution in [1.29, 1.82) is 0 Å². The van der Waals surface area contributed by atoms with E-state index in [4.69, 9.17) is 0 Å². The molecule has 0 atom stereocenters. The van der Waals surface area contributed by atoms with Crippen molar-refractivity contribution in [1.82, 2.24) is 5.32 Å². The second kappa shape index (κ2) is 8.04. The van der Waals surface area contributed by atoms with E-state index in [0.717, 1.165) is 36.1 Å². The Morgan fingerprint density at radius 2 is 1.92 bits per heavy atom. The van der Waals surface area contributed by atoms with Crippen molar-refractivity contribution in [2.75, 3.05) is 11.9 Å². The molecule has 4 nitrogen and oxygen atoms in total. The van der Waals surface area contributed by atoms with Crippen LogP contribution in [-0.4, -0.2) is 18.4 Å². The van der Waals surface area contributed by atoms with Gasteiger partial charge in [-0.3, -0.25) is 9.59 Å². The molecule has 2 aromatic rings. The molecule has 0 saturated carbocycles. The average Bonchev–Trinajstić information content (AvgIpc) is 3.05. The highest BCUT2D eigenvalue weighted by atomic mass is 32.1. The number of hydrogen-bond donors (Lipinski definition) is 2. The lowest BCUT2D eigenvalue weighted by atomic mass is 9.95. The molecular weight excluding hydrogens is 344 g/mol. The molecule has 2 N–H and O–H groups in total. The van der Waals surface area contributed by atoms with Crippen LogP contribution >= 0.6 is 11.3 Å². The molecule has 2 amide bonds. The standard InChI is InChI=1S/C21H26N2O2S/c1-13(2)11-22-20(24)15-8-9-18(14(3)10-15)23-21(25)17-12-26-19-7-5-4-6-16(17)19/h8-10,12-13H,4-7,11H2,1-3H3,(H,22,24)(H,23,25). The Hall–Kier alpha value is -2.14. The van der Waals surface area contributed by atoms with Crippen LogP contribution in [-0.2, 0) is 12.8 Å². The highest BCUT2D eigenvalue weighted by Crippen LogP contribution is 2.31. The SMILES string of the molecule is Cc1cc(C(=O)NCC(C)C)ccc1NC(=O)c1csc2c1CCCC2. The summed E-state index contributed by atoms with van der Waals surface area (Å²) in [5.41, 5.74) is 4.30. The van der Waals surface area contributed by atoms with Gasteiger partial charge in [-0.05, 0) is 67.9 Å². The van der Waals surface area contributed by atoms with Crippen LogP contribution in [0.2, 0.25) is 0 Å². The predicted molar refractivity (Wildman–Crippen MR) is 107 cm³/mol. The van der Waals surface area contributed by atoms with Gasteiger partial charge in [0.25, 0.3) is 11.8 Å². The van der Waals surface area contributed by atoms with Gasteiger partial charge >= 0.3 is 0 Å². The van der Waals surface area contributed by atoms with Gasteiger partial charge in [-0.1, -0.05) is 13.8 Å². The summed E-state index contributed by atoms with van der Waals surface area (Å²) in [5.74, 6) is 0.284. The number of anilines is 1. The highest BCUT2D eigenvalue weighted by Gasteiger charge is 2.20. The molecule has 3 rings (SSSR count). The largest absolute Gasteiger partial charge is 0.352 e. The van der Waals surface area contributed by atoms with Crippen molar-refractivity contribution in [3.8, 4) is 0 Å². The molecule has 1 aromatic heterocycles. The first-order valence-electron chi connectivity index (χ1n) is 9.25. The Morgan fingerprint density at radius 1 is 1.15 bits per heavy atom. The molecule has 0 spiro atoms. The van der Waals surface area contributed by atoms with Crippen LogP contribution in [0.15, 0.2) is 23.6 Å². The third-order valence-electron chi connectivity index (χ3n) is 4.71. The van der Waals surface area contributed by atoms with Crippen LogP contribution in [0.5, 0.6) is 0 Å². The molecule has 0 radical (unpaired) electrons. The second-order valence-corrected chi connectivity index (χ2v) is 8.31. The van der Waals surface area contributed by atoms with Crippen LogP contribution in [0.25, 0.3) is 0 Å². The maximum atomic E-state index is 12.7. The fraction of sp³-hybridized carbons (Fsp3) is 0.429. The lowest BCUT2D eigenvalue weighted by Crippen LogP contribution is -2.27. The monoisotopic (exact) mass is 370 g/mol. The van der Waals surface area contributed by atoms with Gasteiger partial charge in [-0.2, -0.15) is 0 Å². The maximum Gasteiger partial charge on any atom is 0.256 e. The molecule has 0 fully saturated rings. The minimum Gasteiger partial charge on any atom is -0.352 e. The van der Waals surface area contributed by atoms with E-state index in [9.17, 15) is 9.59 Å². The molecule has 1 heterocycles. The van der Waals surface area contributed by atoms with Crippen molar-refractivity contribution in [2.24, 2.45) is 5.92 Å². The second-order valence-electron chi connectivity index (χ2n) is 7.35. The summed E-state index contributed by atoms with van der Waals surface area (Å²) in [6.45, 7) is 6.69. The van der Waals surface area contributed by atoms with Gasteiger partial charge in [0, 0.05) is 28.1 Å². The molecule has 138 valence electrons. The Balaban J connectivity index is 1.71. The van der Waals surface area contributed by atoms with E-state index in [1.165, 1.54) is 16.9 Å². The van der Waals surface area contributed by atoms with Gasteiger partial charge in [-0.25, -0.2) is 0 Å². The van der Waals surface area contributed by atoms with E-state index >= 15 is 0 Å². The van der Waals surface area contributed by atoms with Crippen molar-refractivity contribution >= 4 is 28.8 Å². The summed E-state index contributed by atoms with van der Waals surface area (Å²) in [5, 5.41) is 7.91. The van der Waals surface area contributed by atoms with E-state index < -0.39 is 0 Å². The molecular formula is C21H26N2O2S. The number of hydrogen-bond acceptors (Lipinski definition) is 3. The van der Waals surface area contributed by atoms with Gasteiger partial charge < -0.3 is 10.6 Å². The van der Waals surface area contributed by atoms with Gasteiger partial charge in [-0.15, -0.1) is 11.3 Å². The fourth-order valence-corrected chi connectivity index (χ4v) is 4.34. The molecule has 1 aliphatic carbocycles. The lowest BCUT2D eigenvalue weighted by molar-refractivity contribution is 0.0948. The molecule has 0 bridgehead atoms. The van der Waals surface area contributed by atoms with Crippen LogP contribution in [0.4, 0.5) is 5.69 Å². The molecule has 5 heteroatoms. The zero-order valence-corrected chi connectivity index (χ0v) is 16.5. The van der Waals surface area contributed by atoms with Crippen molar-refractivity contribution in [2.45, 2.75) is 46.5 Å². The van der Waals surface area contributed by atoms with Crippen LogP contribution < -0.4 is 10.6 Å². The van der Waals surface area contributed by atoms with E-state index in [2.05, 4.69) is 24.5 Å². The minimum absolute atomic E-state index is 0.0514. The first kappa shape index (κ1) is 18.6.